The standard InChI is InChI=1S/C18H20ClNO/c1-10-6-12(3)14(7-11(10)2)18-9-16(20)15-8-13(19)4-5-17(15)21-18/h4-8,16,18H,9,20H2,1-3H3/t16-,18?/m0/s1. The Hall–Kier alpha value is -1.51. The van der Waals surface area contributed by atoms with Gasteiger partial charge < -0.3 is 10.5 Å². The molecule has 1 aliphatic heterocycles. The summed E-state index contributed by atoms with van der Waals surface area (Å²) in [6.45, 7) is 6.40. The second-order valence-corrected chi connectivity index (χ2v) is 6.36. The van der Waals surface area contributed by atoms with Crippen molar-refractivity contribution in [3.8, 4) is 5.75 Å². The van der Waals surface area contributed by atoms with Gasteiger partial charge in [-0.25, -0.2) is 0 Å². The van der Waals surface area contributed by atoms with E-state index in [0.717, 1.165) is 17.7 Å². The Labute approximate surface area is 130 Å². The van der Waals surface area contributed by atoms with E-state index in [1.165, 1.54) is 22.3 Å². The summed E-state index contributed by atoms with van der Waals surface area (Å²) in [5.41, 5.74) is 12.4. The Morgan fingerprint density at radius 2 is 1.71 bits per heavy atom. The van der Waals surface area contributed by atoms with Crippen molar-refractivity contribution in [2.75, 3.05) is 0 Å². The number of nitrogens with two attached hydrogens (primary N) is 1. The van der Waals surface area contributed by atoms with E-state index in [-0.39, 0.29) is 12.1 Å². The van der Waals surface area contributed by atoms with Crippen LogP contribution in [0.25, 0.3) is 0 Å². The molecule has 2 atom stereocenters. The first-order valence-electron chi connectivity index (χ1n) is 7.25. The number of hydrogen-bond acceptors (Lipinski definition) is 2. The Morgan fingerprint density at radius 3 is 2.48 bits per heavy atom. The fourth-order valence-corrected chi connectivity index (χ4v) is 3.18. The fraction of sp³-hybridized carbons (Fsp3) is 0.333. The van der Waals surface area contributed by atoms with Crippen LogP contribution in [0.1, 0.15) is 46.4 Å². The largest absolute Gasteiger partial charge is 0.485 e. The highest BCUT2D eigenvalue weighted by Crippen LogP contribution is 2.41. The maximum absolute atomic E-state index is 6.32. The van der Waals surface area contributed by atoms with E-state index in [1.54, 1.807) is 0 Å². The van der Waals surface area contributed by atoms with E-state index < -0.39 is 0 Å². The van der Waals surface area contributed by atoms with Crippen LogP contribution in [-0.4, -0.2) is 0 Å². The summed E-state index contributed by atoms with van der Waals surface area (Å²) in [7, 11) is 0. The van der Waals surface area contributed by atoms with Crippen LogP contribution in [0.5, 0.6) is 5.75 Å². The zero-order valence-electron chi connectivity index (χ0n) is 12.6. The molecule has 110 valence electrons. The zero-order chi connectivity index (χ0) is 15.1. The van der Waals surface area contributed by atoms with Gasteiger partial charge in [-0.15, -0.1) is 0 Å². The lowest BCUT2D eigenvalue weighted by molar-refractivity contribution is 0.161. The average molecular weight is 302 g/mol. The zero-order valence-corrected chi connectivity index (χ0v) is 13.4. The average Bonchev–Trinajstić information content (AvgIpc) is 2.43. The third kappa shape index (κ3) is 2.66. The molecule has 0 aliphatic carbocycles. The van der Waals surface area contributed by atoms with Gasteiger partial charge in [0.15, 0.2) is 0 Å². The van der Waals surface area contributed by atoms with Crippen LogP contribution in [0.4, 0.5) is 0 Å². The Balaban J connectivity index is 1.99. The van der Waals surface area contributed by atoms with Crippen molar-refractivity contribution in [2.24, 2.45) is 5.73 Å². The highest BCUT2D eigenvalue weighted by Gasteiger charge is 2.28. The van der Waals surface area contributed by atoms with E-state index in [9.17, 15) is 0 Å². The first kappa shape index (κ1) is 14.4. The summed E-state index contributed by atoms with van der Waals surface area (Å²) in [5, 5.41) is 0.702. The highest BCUT2D eigenvalue weighted by molar-refractivity contribution is 6.30. The normalized spacial score (nSPS) is 20.8. The molecule has 0 saturated carbocycles. The number of ether oxygens (including phenoxy) is 1. The predicted molar refractivity (Wildman–Crippen MR) is 87.0 cm³/mol. The fourth-order valence-electron chi connectivity index (χ4n) is 3.00. The SMILES string of the molecule is Cc1cc(C)c(C2C[C@H](N)c3cc(Cl)ccc3O2)cc1C. The van der Waals surface area contributed by atoms with Crippen LogP contribution < -0.4 is 10.5 Å². The molecule has 1 aliphatic rings. The van der Waals surface area contributed by atoms with Crippen LogP contribution in [0.3, 0.4) is 0 Å². The lowest BCUT2D eigenvalue weighted by Crippen LogP contribution is -2.24. The molecule has 0 radical (unpaired) electrons. The van der Waals surface area contributed by atoms with Gasteiger partial charge in [0, 0.05) is 23.0 Å². The van der Waals surface area contributed by atoms with Gasteiger partial charge in [0.2, 0.25) is 0 Å². The van der Waals surface area contributed by atoms with Crippen LogP contribution in [0.2, 0.25) is 5.02 Å². The molecule has 0 spiro atoms. The van der Waals surface area contributed by atoms with Crippen molar-refractivity contribution in [3.63, 3.8) is 0 Å². The van der Waals surface area contributed by atoms with Crippen LogP contribution >= 0.6 is 11.6 Å². The molecular formula is C18H20ClNO. The van der Waals surface area contributed by atoms with Crippen LogP contribution in [-0.2, 0) is 0 Å². The van der Waals surface area contributed by atoms with Crippen LogP contribution in [0.15, 0.2) is 30.3 Å². The molecule has 2 aromatic carbocycles. The number of halogens is 1. The lowest BCUT2D eigenvalue weighted by atomic mass is 9.90. The van der Waals surface area contributed by atoms with Gasteiger partial charge in [-0.2, -0.15) is 0 Å². The topological polar surface area (TPSA) is 35.2 Å². The molecule has 0 aromatic heterocycles. The highest BCUT2D eigenvalue weighted by atomic mass is 35.5. The smallest absolute Gasteiger partial charge is 0.126 e. The number of fused-ring (bicyclic) bond motifs is 1. The molecule has 2 nitrogen and oxygen atoms in total. The summed E-state index contributed by atoms with van der Waals surface area (Å²) in [5.74, 6) is 0.848. The van der Waals surface area contributed by atoms with Gasteiger partial charge in [-0.1, -0.05) is 23.7 Å². The van der Waals surface area contributed by atoms with Crippen LogP contribution in [0, 0.1) is 20.8 Å². The predicted octanol–water partition coefficient (Wildman–Crippen LogP) is 4.79. The Bertz CT molecular complexity index is 696. The molecule has 1 heterocycles. The maximum Gasteiger partial charge on any atom is 0.126 e. The monoisotopic (exact) mass is 301 g/mol. The van der Waals surface area contributed by atoms with Gasteiger partial charge >= 0.3 is 0 Å². The third-order valence-corrected chi connectivity index (χ3v) is 4.57. The van der Waals surface area contributed by atoms with E-state index in [4.69, 9.17) is 22.1 Å². The van der Waals surface area contributed by atoms with Gasteiger partial charge in [-0.3, -0.25) is 0 Å². The molecule has 1 unspecified atom stereocenters. The molecule has 21 heavy (non-hydrogen) atoms. The van der Waals surface area contributed by atoms with Crippen molar-refractivity contribution in [1.82, 2.24) is 0 Å². The minimum absolute atomic E-state index is 0.00738. The summed E-state index contributed by atoms with van der Waals surface area (Å²) in [6.07, 6.45) is 0.782. The van der Waals surface area contributed by atoms with E-state index in [1.807, 2.05) is 18.2 Å². The van der Waals surface area contributed by atoms with Crippen molar-refractivity contribution in [3.05, 3.63) is 63.2 Å². The van der Waals surface area contributed by atoms with Crippen molar-refractivity contribution in [1.29, 1.82) is 0 Å². The second kappa shape index (κ2) is 5.36. The van der Waals surface area contributed by atoms with E-state index in [2.05, 4.69) is 32.9 Å². The molecule has 0 bridgehead atoms. The number of aryl methyl sites for hydroxylation is 3. The summed E-state index contributed by atoms with van der Waals surface area (Å²) < 4.78 is 6.18. The van der Waals surface area contributed by atoms with E-state index >= 15 is 0 Å². The first-order chi connectivity index (χ1) is 9.95. The number of benzene rings is 2. The van der Waals surface area contributed by atoms with E-state index in [0.29, 0.717) is 5.02 Å². The quantitative estimate of drug-likeness (QED) is 0.822. The molecule has 3 heteroatoms. The number of rotatable bonds is 1. The number of hydrogen-bond donors (Lipinski definition) is 1. The van der Waals surface area contributed by atoms with Gasteiger partial charge in [0.25, 0.3) is 0 Å². The van der Waals surface area contributed by atoms with Gasteiger partial charge in [0.05, 0.1) is 0 Å². The minimum atomic E-state index is -0.0431. The third-order valence-electron chi connectivity index (χ3n) is 4.34. The molecule has 0 amide bonds. The minimum Gasteiger partial charge on any atom is -0.485 e. The van der Waals surface area contributed by atoms with Crippen molar-refractivity contribution >= 4 is 11.6 Å². The summed E-state index contributed by atoms with van der Waals surface area (Å²) in [6, 6.07) is 10.1. The van der Waals surface area contributed by atoms with Crippen molar-refractivity contribution in [2.45, 2.75) is 39.3 Å². The Morgan fingerprint density at radius 1 is 1.00 bits per heavy atom. The van der Waals surface area contributed by atoms with Gasteiger partial charge in [-0.05, 0) is 61.2 Å². The molecule has 3 rings (SSSR count). The second-order valence-electron chi connectivity index (χ2n) is 5.92. The molecule has 0 saturated heterocycles. The summed E-state index contributed by atoms with van der Waals surface area (Å²) in [4.78, 5) is 0. The lowest BCUT2D eigenvalue weighted by Gasteiger charge is -2.31. The summed E-state index contributed by atoms with van der Waals surface area (Å²) >= 11 is 6.05. The molecule has 2 aromatic rings. The molecule has 2 N–H and O–H groups in total. The Kier molecular flexibility index (Phi) is 3.68. The molecular weight excluding hydrogens is 282 g/mol. The van der Waals surface area contributed by atoms with Gasteiger partial charge in [0.1, 0.15) is 11.9 Å². The molecule has 0 fully saturated rings. The first-order valence-corrected chi connectivity index (χ1v) is 7.63. The maximum atomic E-state index is 6.32. The van der Waals surface area contributed by atoms with Crippen molar-refractivity contribution < 1.29 is 4.74 Å².